The van der Waals surface area contributed by atoms with Crippen molar-refractivity contribution in [2.45, 2.75) is 6.42 Å². The highest BCUT2D eigenvalue weighted by Crippen LogP contribution is 2.29. The Bertz CT molecular complexity index is 793. The molecule has 0 aliphatic carbocycles. The van der Waals surface area contributed by atoms with Crippen molar-refractivity contribution in [1.82, 2.24) is 4.90 Å². The second-order valence-corrected chi connectivity index (χ2v) is 6.64. The molecule has 0 N–H and O–H groups in total. The van der Waals surface area contributed by atoms with Crippen LogP contribution in [0.5, 0.6) is 5.75 Å². The summed E-state index contributed by atoms with van der Waals surface area (Å²) in [4.78, 5) is 28.6. The third-order valence-corrected chi connectivity index (χ3v) is 4.88. The molecule has 1 fully saturated rings. The van der Waals surface area contributed by atoms with Crippen molar-refractivity contribution >= 4 is 17.5 Å². The van der Waals surface area contributed by atoms with Crippen molar-refractivity contribution in [1.29, 1.82) is 0 Å². The Hall–Kier alpha value is -2.70. The van der Waals surface area contributed by atoms with E-state index in [1.54, 1.807) is 48.5 Å². The molecule has 0 radical (unpaired) electrons. The van der Waals surface area contributed by atoms with Gasteiger partial charge in [-0.3, -0.25) is 14.5 Å². The monoisotopic (exact) mass is 366 g/mol. The van der Waals surface area contributed by atoms with Gasteiger partial charge in [0.2, 0.25) is 0 Å². The first-order chi connectivity index (χ1) is 13.2. The number of hydrogen-bond donors (Lipinski definition) is 0. The van der Waals surface area contributed by atoms with Crippen LogP contribution in [-0.4, -0.2) is 56.2 Å². The minimum absolute atomic E-state index is 0.283. The number of imide groups is 1. The number of rotatable bonds is 6. The van der Waals surface area contributed by atoms with Crippen LogP contribution in [0.2, 0.25) is 0 Å². The smallest absolute Gasteiger partial charge is 0.266 e. The van der Waals surface area contributed by atoms with Crippen molar-refractivity contribution < 1.29 is 19.1 Å². The highest BCUT2D eigenvalue weighted by atomic mass is 16.5. The molecule has 2 amide bonds. The molecule has 6 nitrogen and oxygen atoms in total. The molecule has 0 spiro atoms. The van der Waals surface area contributed by atoms with E-state index in [-0.39, 0.29) is 11.8 Å². The fourth-order valence-corrected chi connectivity index (χ4v) is 3.42. The summed E-state index contributed by atoms with van der Waals surface area (Å²) in [6, 6.07) is 14.0. The van der Waals surface area contributed by atoms with Gasteiger partial charge in [-0.2, -0.15) is 0 Å². The molecule has 6 heteroatoms. The first-order valence-electron chi connectivity index (χ1n) is 9.25. The molecule has 0 bridgehead atoms. The molecule has 140 valence electrons. The van der Waals surface area contributed by atoms with E-state index >= 15 is 0 Å². The zero-order valence-corrected chi connectivity index (χ0v) is 15.1. The van der Waals surface area contributed by atoms with E-state index in [2.05, 4.69) is 4.90 Å². The van der Waals surface area contributed by atoms with Crippen molar-refractivity contribution in [3.63, 3.8) is 0 Å². The lowest BCUT2D eigenvalue weighted by atomic mass is 10.1. The van der Waals surface area contributed by atoms with Crippen LogP contribution < -0.4 is 9.64 Å². The van der Waals surface area contributed by atoms with Crippen molar-refractivity contribution in [3.8, 4) is 5.75 Å². The molecule has 27 heavy (non-hydrogen) atoms. The van der Waals surface area contributed by atoms with Gasteiger partial charge in [0.1, 0.15) is 5.75 Å². The number of ether oxygens (including phenoxy) is 2. The molecule has 0 saturated carbocycles. The third kappa shape index (κ3) is 3.72. The molecule has 2 aliphatic rings. The number of carbonyl (C=O) groups is 2. The summed E-state index contributed by atoms with van der Waals surface area (Å²) < 4.78 is 11.1. The standard InChI is InChI=1S/C21H22N2O4/c24-20-18-4-1-2-5-19(18)21(25)23(20)16-6-8-17(9-7-16)27-13-3-10-22-11-14-26-15-12-22/h1-2,4-9H,3,10-15H2. The molecule has 0 unspecified atom stereocenters. The number of benzene rings is 2. The van der Waals surface area contributed by atoms with Crippen LogP contribution in [0, 0.1) is 0 Å². The van der Waals surface area contributed by atoms with E-state index in [1.807, 2.05) is 0 Å². The zero-order chi connectivity index (χ0) is 18.6. The van der Waals surface area contributed by atoms with Gasteiger partial charge in [0.15, 0.2) is 0 Å². The Balaban J connectivity index is 1.33. The number of anilines is 1. The summed E-state index contributed by atoms with van der Waals surface area (Å²) in [6.07, 6.45) is 0.945. The predicted octanol–water partition coefficient (Wildman–Crippen LogP) is 2.59. The normalized spacial score (nSPS) is 17.3. The van der Waals surface area contributed by atoms with Crippen LogP contribution in [-0.2, 0) is 4.74 Å². The topological polar surface area (TPSA) is 59.1 Å². The molecule has 2 aliphatic heterocycles. The number of amides is 2. The fourth-order valence-electron chi connectivity index (χ4n) is 3.42. The Morgan fingerprint density at radius 2 is 1.52 bits per heavy atom. The van der Waals surface area contributed by atoms with Crippen LogP contribution in [0.1, 0.15) is 27.1 Å². The van der Waals surface area contributed by atoms with Gasteiger partial charge < -0.3 is 9.47 Å². The zero-order valence-electron chi connectivity index (χ0n) is 15.1. The number of fused-ring (bicyclic) bond motifs is 1. The van der Waals surface area contributed by atoms with Crippen LogP contribution in [0.3, 0.4) is 0 Å². The first kappa shape index (κ1) is 17.7. The van der Waals surface area contributed by atoms with Crippen molar-refractivity contribution in [2.75, 3.05) is 44.4 Å². The molecular weight excluding hydrogens is 344 g/mol. The van der Waals surface area contributed by atoms with Crippen LogP contribution in [0.4, 0.5) is 5.69 Å². The summed E-state index contributed by atoms with van der Waals surface area (Å²) >= 11 is 0. The summed E-state index contributed by atoms with van der Waals surface area (Å²) in [7, 11) is 0. The first-order valence-corrected chi connectivity index (χ1v) is 9.25. The lowest BCUT2D eigenvalue weighted by Gasteiger charge is -2.26. The second kappa shape index (κ2) is 7.90. The van der Waals surface area contributed by atoms with Crippen LogP contribution in [0.25, 0.3) is 0 Å². The fraction of sp³-hybridized carbons (Fsp3) is 0.333. The summed E-state index contributed by atoms with van der Waals surface area (Å²) in [5.74, 6) is 0.168. The van der Waals surface area contributed by atoms with E-state index in [0.29, 0.717) is 23.4 Å². The molecular formula is C21H22N2O4. The van der Waals surface area contributed by atoms with Crippen LogP contribution in [0.15, 0.2) is 48.5 Å². The van der Waals surface area contributed by atoms with Crippen LogP contribution >= 0.6 is 0 Å². The van der Waals surface area contributed by atoms with Crippen molar-refractivity contribution in [2.24, 2.45) is 0 Å². The van der Waals surface area contributed by atoms with Gasteiger partial charge in [-0.15, -0.1) is 0 Å². The van der Waals surface area contributed by atoms with E-state index < -0.39 is 0 Å². The highest BCUT2D eigenvalue weighted by Gasteiger charge is 2.36. The van der Waals surface area contributed by atoms with E-state index in [9.17, 15) is 9.59 Å². The minimum atomic E-state index is -0.283. The average Bonchev–Trinajstić information content (AvgIpc) is 2.97. The van der Waals surface area contributed by atoms with Gasteiger partial charge in [0, 0.05) is 19.6 Å². The molecule has 2 heterocycles. The van der Waals surface area contributed by atoms with Gasteiger partial charge in [-0.05, 0) is 42.8 Å². The number of morpholine rings is 1. The SMILES string of the molecule is O=C1c2ccccc2C(=O)N1c1ccc(OCCCN2CCOCC2)cc1. The highest BCUT2D eigenvalue weighted by molar-refractivity contribution is 6.34. The lowest BCUT2D eigenvalue weighted by Crippen LogP contribution is -2.37. The maximum Gasteiger partial charge on any atom is 0.266 e. The molecule has 2 aromatic rings. The second-order valence-electron chi connectivity index (χ2n) is 6.64. The maximum atomic E-state index is 12.5. The van der Waals surface area contributed by atoms with E-state index in [1.165, 1.54) is 4.90 Å². The molecule has 0 atom stereocenters. The molecule has 4 rings (SSSR count). The Labute approximate surface area is 158 Å². The third-order valence-electron chi connectivity index (χ3n) is 4.88. The number of hydrogen-bond acceptors (Lipinski definition) is 5. The molecule has 2 aromatic carbocycles. The quantitative estimate of drug-likeness (QED) is 0.581. The van der Waals surface area contributed by atoms with E-state index in [0.717, 1.165) is 45.0 Å². The Morgan fingerprint density at radius 1 is 0.889 bits per heavy atom. The number of carbonyl (C=O) groups excluding carboxylic acids is 2. The summed E-state index contributed by atoms with van der Waals surface area (Å²) in [5.41, 5.74) is 1.46. The summed E-state index contributed by atoms with van der Waals surface area (Å²) in [5, 5.41) is 0. The average molecular weight is 366 g/mol. The maximum absolute atomic E-state index is 12.5. The minimum Gasteiger partial charge on any atom is -0.494 e. The van der Waals surface area contributed by atoms with Gasteiger partial charge >= 0.3 is 0 Å². The summed E-state index contributed by atoms with van der Waals surface area (Å²) in [6.45, 7) is 5.20. The lowest BCUT2D eigenvalue weighted by molar-refractivity contribution is 0.0358. The van der Waals surface area contributed by atoms with Gasteiger partial charge in [0.25, 0.3) is 11.8 Å². The predicted molar refractivity (Wildman–Crippen MR) is 101 cm³/mol. The van der Waals surface area contributed by atoms with E-state index in [4.69, 9.17) is 9.47 Å². The van der Waals surface area contributed by atoms with Gasteiger partial charge in [-0.1, -0.05) is 12.1 Å². The number of nitrogens with zero attached hydrogens (tertiary/aromatic N) is 2. The van der Waals surface area contributed by atoms with Gasteiger partial charge in [-0.25, -0.2) is 4.90 Å². The Morgan fingerprint density at radius 3 is 2.15 bits per heavy atom. The largest absolute Gasteiger partial charge is 0.494 e. The molecule has 1 saturated heterocycles. The van der Waals surface area contributed by atoms with Gasteiger partial charge in [0.05, 0.1) is 36.6 Å². The molecule has 0 aromatic heterocycles. The van der Waals surface area contributed by atoms with Crippen molar-refractivity contribution in [3.05, 3.63) is 59.7 Å². The Kier molecular flexibility index (Phi) is 5.18.